The van der Waals surface area contributed by atoms with Crippen LogP contribution in [0.3, 0.4) is 0 Å². The average molecular weight is 369 g/mol. The SMILES string of the molecule is CCNC(=NCc1ccnc(OCC2CC2)c1)NC1CCc2ncnn2C1. The van der Waals surface area contributed by atoms with Gasteiger partial charge in [-0.15, -0.1) is 0 Å². The number of aliphatic imine (C=N–C) groups is 1. The number of hydrogen-bond donors (Lipinski definition) is 2. The third-order valence-corrected chi connectivity index (χ3v) is 4.87. The zero-order valence-electron chi connectivity index (χ0n) is 15.8. The predicted octanol–water partition coefficient (Wildman–Crippen LogP) is 1.53. The molecular formula is C19H27N7O. The first-order chi connectivity index (χ1) is 13.3. The van der Waals surface area contributed by atoms with E-state index in [1.54, 1.807) is 12.5 Å². The molecule has 8 nitrogen and oxygen atoms in total. The minimum Gasteiger partial charge on any atom is -0.477 e. The molecule has 1 aliphatic heterocycles. The lowest BCUT2D eigenvalue weighted by Gasteiger charge is -2.25. The molecule has 1 unspecified atom stereocenters. The van der Waals surface area contributed by atoms with E-state index in [1.165, 1.54) is 12.8 Å². The highest BCUT2D eigenvalue weighted by Gasteiger charge is 2.22. The zero-order valence-corrected chi connectivity index (χ0v) is 15.8. The van der Waals surface area contributed by atoms with Crippen LogP contribution in [0.5, 0.6) is 5.88 Å². The van der Waals surface area contributed by atoms with Gasteiger partial charge in [-0.05, 0) is 43.7 Å². The van der Waals surface area contributed by atoms with E-state index in [1.807, 2.05) is 16.8 Å². The summed E-state index contributed by atoms with van der Waals surface area (Å²) in [5, 5.41) is 11.1. The number of aromatic nitrogens is 4. The summed E-state index contributed by atoms with van der Waals surface area (Å²) in [4.78, 5) is 13.3. The molecule has 1 saturated carbocycles. The summed E-state index contributed by atoms with van der Waals surface area (Å²) in [5.41, 5.74) is 1.09. The monoisotopic (exact) mass is 369 g/mol. The second kappa shape index (κ2) is 8.37. The highest BCUT2D eigenvalue weighted by molar-refractivity contribution is 5.80. The van der Waals surface area contributed by atoms with E-state index in [9.17, 15) is 0 Å². The van der Waals surface area contributed by atoms with Gasteiger partial charge < -0.3 is 15.4 Å². The van der Waals surface area contributed by atoms with Gasteiger partial charge in [0.1, 0.15) is 12.2 Å². The van der Waals surface area contributed by atoms with Crippen molar-refractivity contribution in [2.24, 2.45) is 10.9 Å². The second-order valence-electron chi connectivity index (χ2n) is 7.19. The maximum atomic E-state index is 5.77. The lowest BCUT2D eigenvalue weighted by molar-refractivity contribution is 0.288. The van der Waals surface area contributed by atoms with Crippen molar-refractivity contribution in [3.05, 3.63) is 36.0 Å². The Morgan fingerprint density at radius 2 is 2.26 bits per heavy atom. The Balaban J connectivity index is 1.35. The van der Waals surface area contributed by atoms with Crippen LogP contribution >= 0.6 is 0 Å². The van der Waals surface area contributed by atoms with Gasteiger partial charge in [0.15, 0.2) is 5.96 Å². The summed E-state index contributed by atoms with van der Waals surface area (Å²) in [6, 6.07) is 4.27. The number of pyridine rings is 1. The summed E-state index contributed by atoms with van der Waals surface area (Å²) >= 11 is 0. The van der Waals surface area contributed by atoms with E-state index in [2.05, 4.69) is 32.6 Å². The van der Waals surface area contributed by atoms with Crippen molar-refractivity contribution in [2.75, 3.05) is 13.2 Å². The Morgan fingerprint density at radius 3 is 3.11 bits per heavy atom. The van der Waals surface area contributed by atoms with Crippen molar-refractivity contribution in [3.63, 3.8) is 0 Å². The van der Waals surface area contributed by atoms with Crippen LogP contribution in [-0.2, 0) is 19.5 Å². The quantitative estimate of drug-likeness (QED) is 0.568. The number of ether oxygens (including phenoxy) is 1. The van der Waals surface area contributed by atoms with Crippen LogP contribution in [0.25, 0.3) is 0 Å². The second-order valence-corrected chi connectivity index (χ2v) is 7.19. The molecule has 3 heterocycles. The smallest absolute Gasteiger partial charge is 0.213 e. The number of nitrogens with one attached hydrogen (secondary N) is 2. The molecule has 2 aliphatic rings. The molecule has 0 aromatic carbocycles. The van der Waals surface area contributed by atoms with Crippen molar-refractivity contribution in [1.82, 2.24) is 30.4 Å². The zero-order chi connectivity index (χ0) is 18.5. The number of aryl methyl sites for hydroxylation is 1. The first kappa shape index (κ1) is 17.8. The lowest BCUT2D eigenvalue weighted by Crippen LogP contribution is -2.47. The highest BCUT2D eigenvalue weighted by Crippen LogP contribution is 2.29. The van der Waals surface area contributed by atoms with Crippen LogP contribution in [0, 0.1) is 5.92 Å². The van der Waals surface area contributed by atoms with Crippen molar-refractivity contribution in [3.8, 4) is 5.88 Å². The lowest BCUT2D eigenvalue weighted by atomic mass is 10.1. The first-order valence-electron chi connectivity index (χ1n) is 9.79. The molecular weight excluding hydrogens is 342 g/mol. The van der Waals surface area contributed by atoms with Gasteiger partial charge in [-0.25, -0.2) is 19.6 Å². The minimum atomic E-state index is 0.298. The Hall–Kier alpha value is -2.64. The predicted molar refractivity (Wildman–Crippen MR) is 103 cm³/mol. The maximum absolute atomic E-state index is 5.77. The number of rotatable bonds is 7. The maximum Gasteiger partial charge on any atom is 0.213 e. The van der Waals surface area contributed by atoms with Gasteiger partial charge >= 0.3 is 0 Å². The highest BCUT2D eigenvalue weighted by atomic mass is 16.5. The van der Waals surface area contributed by atoms with Crippen molar-refractivity contribution in [1.29, 1.82) is 0 Å². The number of nitrogens with zero attached hydrogens (tertiary/aromatic N) is 5. The molecule has 8 heteroatoms. The number of hydrogen-bond acceptors (Lipinski definition) is 5. The van der Waals surface area contributed by atoms with Crippen molar-refractivity contribution < 1.29 is 4.74 Å². The van der Waals surface area contributed by atoms with Gasteiger partial charge in [0.25, 0.3) is 0 Å². The van der Waals surface area contributed by atoms with Crippen LogP contribution in [0.1, 0.15) is 37.6 Å². The first-order valence-corrected chi connectivity index (χ1v) is 9.79. The van der Waals surface area contributed by atoms with Crippen LogP contribution < -0.4 is 15.4 Å². The Kier molecular flexibility index (Phi) is 5.50. The molecule has 2 aromatic rings. The summed E-state index contributed by atoms with van der Waals surface area (Å²) in [7, 11) is 0. The van der Waals surface area contributed by atoms with Crippen LogP contribution in [0.15, 0.2) is 29.6 Å². The molecule has 2 N–H and O–H groups in total. The van der Waals surface area contributed by atoms with Crippen molar-refractivity contribution >= 4 is 5.96 Å². The number of fused-ring (bicyclic) bond motifs is 1. The summed E-state index contributed by atoms with van der Waals surface area (Å²) in [5.74, 6) is 3.30. The molecule has 1 aliphatic carbocycles. The van der Waals surface area contributed by atoms with Gasteiger partial charge in [0.2, 0.25) is 5.88 Å². The molecule has 0 bridgehead atoms. The molecule has 0 spiro atoms. The topological polar surface area (TPSA) is 89.2 Å². The van der Waals surface area contributed by atoms with Crippen LogP contribution in [-0.4, -0.2) is 44.9 Å². The van der Waals surface area contributed by atoms with E-state index >= 15 is 0 Å². The molecule has 0 radical (unpaired) electrons. The Morgan fingerprint density at radius 1 is 1.33 bits per heavy atom. The molecule has 1 fully saturated rings. The van der Waals surface area contributed by atoms with Gasteiger partial charge in [-0.3, -0.25) is 0 Å². The van der Waals surface area contributed by atoms with Crippen LogP contribution in [0.4, 0.5) is 0 Å². The molecule has 144 valence electrons. The molecule has 0 amide bonds. The Labute approximate surface area is 159 Å². The summed E-state index contributed by atoms with van der Waals surface area (Å²) in [6.07, 6.45) is 7.93. The molecule has 27 heavy (non-hydrogen) atoms. The van der Waals surface area contributed by atoms with E-state index in [-0.39, 0.29) is 0 Å². The number of guanidine groups is 1. The van der Waals surface area contributed by atoms with E-state index in [0.717, 1.165) is 55.8 Å². The fourth-order valence-corrected chi connectivity index (χ4v) is 3.15. The fourth-order valence-electron chi connectivity index (χ4n) is 3.15. The fraction of sp³-hybridized carbons (Fsp3) is 0.579. The molecule has 0 saturated heterocycles. The molecule has 2 aromatic heterocycles. The Bertz CT molecular complexity index is 784. The third-order valence-electron chi connectivity index (χ3n) is 4.87. The van der Waals surface area contributed by atoms with Gasteiger partial charge in [-0.2, -0.15) is 5.10 Å². The van der Waals surface area contributed by atoms with Crippen molar-refractivity contribution in [2.45, 2.75) is 51.7 Å². The average Bonchev–Trinajstić information content (AvgIpc) is 3.40. The molecule has 4 rings (SSSR count). The molecule has 1 atom stereocenters. The largest absolute Gasteiger partial charge is 0.477 e. The van der Waals surface area contributed by atoms with E-state index in [0.29, 0.717) is 18.5 Å². The third kappa shape index (κ3) is 4.96. The van der Waals surface area contributed by atoms with E-state index in [4.69, 9.17) is 9.73 Å². The minimum absolute atomic E-state index is 0.298. The van der Waals surface area contributed by atoms with Gasteiger partial charge in [0, 0.05) is 31.3 Å². The summed E-state index contributed by atoms with van der Waals surface area (Å²) in [6.45, 7) is 5.06. The van der Waals surface area contributed by atoms with Gasteiger partial charge in [-0.1, -0.05) is 0 Å². The standard InChI is InChI=1S/C19H27N7O/c1-2-20-19(25-16-5-6-17-23-13-24-26(17)11-16)22-10-15-7-8-21-18(9-15)27-12-14-3-4-14/h7-9,13-14,16H,2-6,10-12H2,1H3,(H2,20,22,25). The van der Waals surface area contributed by atoms with E-state index < -0.39 is 0 Å². The normalized spacial score (nSPS) is 19.4. The van der Waals surface area contributed by atoms with Gasteiger partial charge in [0.05, 0.1) is 19.7 Å². The summed E-state index contributed by atoms with van der Waals surface area (Å²) < 4.78 is 7.73. The van der Waals surface area contributed by atoms with Crippen LogP contribution in [0.2, 0.25) is 0 Å².